The Morgan fingerprint density at radius 3 is 2.03 bits per heavy atom. The molecule has 4 nitrogen and oxygen atoms in total. The fraction of sp³-hybridized carbons (Fsp3) is 0.0667. The highest BCUT2D eigenvalue weighted by Crippen LogP contribution is 2.58. The molecule has 4 aromatic rings. The number of likely N-dealkylation sites (tertiary alicyclic amines) is 1. The van der Waals surface area contributed by atoms with Gasteiger partial charge in [-0.1, -0.05) is 115 Å². The molecule has 0 aliphatic carbocycles. The molecule has 1 N–H and O–H groups in total. The van der Waals surface area contributed by atoms with Crippen LogP contribution in [0.25, 0.3) is 5.70 Å². The molecule has 170 valence electrons. The number of nitrogens with one attached hydrogen (secondary N) is 1. The Labute approximate surface area is 208 Å². The van der Waals surface area contributed by atoms with Crippen LogP contribution in [0.5, 0.6) is 0 Å². The van der Waals surface area contributed by atoms with Crippen LogP contribution in [0, 0.1) is 0 Å². The summed E-state index contributed by atoms with van der Waals surface area (Å²) >= 11 is 1.55. The third-order valence-electron chi connectivity index (χ3n) is 6.45. The van der Waals surface area contributed by atoms with Gasteiger partial charge in [-0.2, -0.15) is 0 Å². The van der Waals surface area contributed by atoms with E-state index in [9.17, 15) is 9.59 Å². The fourth-order valence-corrected chi connectivity index (χ4v) is 6.36. The number of hydrogen-bond donors (Lipinski definition) is 1. The monoisotopic (exact) mass is 474 g/mol. The zero-order valence-corrected chi connectivity index (χ0v) is 19.7. The van der Waals surface area contributed by atoms with Crippen molar-refractivity contribution in [3.05, 3.63) is 138 Å². The highest BCUT2D eigenvalue weighted by molar-refractivity contribution is 8.00. The molecule has 0 saturated carbocycles. The molecule has 1 atom stereocenters. The standard InChI is InChI=1S/C30H22N2O2S/c33-28-26-27(22-14-6-2-7-15-22)31-24-18-10-11-19-25(24)35-30(26,23-16-8-3-9-17-23)32(29(28)34)20-21-12-4-1-5-13-21/h1-19,31H,20H2. The van der Waals surface area contributed by atoms with E-state index in [4.69, 9.17) is 0 Å². The third-order valence-corrected chi connectivity index (χ3v) is 7.98. The number of anilines is 1. The van der Waals surface area contributed by atoms with Gasteiger partial charge in [-0.05, 0) is 28.8 Å². The number of carbonyl (C=O) groups is 2. The average Bonchev–Trinajstić information content (AvgIpc) is 3.04. The van der Waals surface area contributed by atoms with Gasteiger partial charge in [0.2, 0.25) is 0 Å². The lowest BCUT2D eigenvalue weighted by Gasteiger charge is -2.38. The summed E-state index contributed by atoms with van der Waals surface area (Å²) in [5.74, 6) is -0.966. The molecule has 1 amide bonds. The van der Waals surface area contributed by atoms with Crippen LogP contribution in [-0.2, 0) is 21.0 Å². The molecule has 2 aliphatic heterocycles. The molecule has 0 aromatic heterocycles. The summed E-state index contributed by atoms with van der Waals surface area (Å²) in [7, 11) is 0. The second-order valence-electron chi connectivity index (χ2n) is 8.56. The summed E-state index contributed by atoms with van der Waals surface area (Å²) < 4.78 is 0. The predicted octanol–water partition coefficient (Wildman–Crippen LogP) is 6.08. The van der Waals surface area contributed by atoms with E-state index in [0.29, 0.717) is 17.8 Å². The molecule has 1 saturated heterocycles. The van der Waals surface area contributed by atoms with E-state index >= 15 is 0 Å². The number of rotatable bonds is 4. The summed E-state index contributed by atoms with van der Waals surface area (Å²) in [5, 5.41) is 3.54. The van der Waals surface area contributed by atoms with Crippen molar-refractivity contribution in [1.29, 1.82) is 0 Å². The maximum atomic E-state index is 13.9. The summed E-state index contributed by atoms with van der Waals surface area (Å²) in [5.41, 5.74) is 4.77. The van der Waals surface area contributed by atoms with E-state index in [1.807, 2.05) is 115 Å². The van der Waals surface area contributed by atoms with Gasteiger partial charge in [0.05, 0.1) is 17.0 Å². The predicted molar refractivity (Wildman–Crippen MR) is 139 cm³/mol. The van der Waals surface area contributed by atoms with Crippen molar-refractivity contribution in [3.8, 4) is 0 Å². The van der Waals surface area contributed by atoms with Gasteiger partial charge in [-0.3, -0.25) is 9.59 Å². The fourth-order valence-electron chi connectivity index (χ4n) is 4.86. The van der Waals surface area contributed by atoms with Crippen molar-refractivity contribution in [3.63, 3.8) is 0 Å². The summed E-state index contributed by atoms with van der Waals surface area (Å²) in [6, 6.07) is 37.5. The number of amides is 1. The minimum Gasteiger partial charge on any atom is -0.354 e. The number of thioether (sulfide) groups is 1. The molecule has 0 spiro atoms. The quantitative estimate of drug-likeness (QED) is 0.364. The van der Waals surface area contributed by atoms with Crippen molar-refractivity contribution < 1.29 is 9.59 Å². The van der Waals surface area contributed by atoms with Gasteiger partial charge < -0.3 is 10.2 Å². The van der Waals surface area contributed by atoms with E-state index in [1.54, 1.807) is 16.7 Å². The second kappa shape index (κ2) is 8.60. The number of fused-ring (bicyclic) bond motifs is 2. The molecule has 0 bridgehead atoms. The first-order valence-electron chi connectivity index (χ1n) is 11.5. The average molecular weight is 475 g/mol. The van der Waals surface area contributed by atoms with Crippen LogP contribution >= 0.6 is 11.8 Å². The maximum absolute atomic E-state index is 13.9. The van der Waals surface area contributed by atoms with Gasteiger partial charge in [0, 0.05) is 11.4 Å². The Hall–Kier alpha value is -4.09. The number of Topliss-reactive ketones (excluding diaryl/α,β-unsaturated/α-hetero) is 1. The Morgan fingerprint density at radius 2 is 1.31 bits per heavy atom. The van der Waals surface area contributed by atoms with Gasteiger partial charge in [0.1, 0.15) is 0 Å². The van der Waals surface area contributed by atoms with Crippen molar-refractivity contribution >= 4 is 34.8 Å². The first kappa shape index (κ1) is 21.4. The van der Waals surface area contributed by atoms with Crippen LogP contribution in [0.1, 0.15) is 16.7 Å². The van der Waals surface area contributed by atoms with E-state index in [2.05, 4.69) is 5.32 Å². The minimum atomic E-state index is -1.03. The number of hydrogen-bond acceptors (Lipinski definition) is 4. The molecule has 2 heterocycles. The minimum absolute atomic E-state index is 0.320. The maximum Gasteiger partial charge on any atom is 0.296 e. The number of nitrogens with zero attached hydrogens (tertiary/aromatic N) is 1. The Kier molecular flexibility index (Phi) is 5.27. The largest absolute Gasteiger partial charge is 0.354 e. The molecular formula is C30H22N2O2S. The lowest BCUT2D eigenvalue weighted by atomic mass is 9.93. The Morgan fingerprint density at radius 1 is 0.714 bits per heavy atom. The van der Waals surface area contributed by atoms with E-state index in [-0.39, 0.29) is 0 Å². The van der Waals surface area contributed by atoms with Crippen LogP contribution in [0.3, 0.4) is 0 Å². The van der Waals surface area contributed by atoms with Gasteiger partial charge in [-0.25, -0.2) is 0 Å². The van der Waals surface area contributed by atoms with E-state index in [1.165, 1.54) is 0 Å². The Balaban J connectivity index is 1.69. The van der Waals surface area contributed by atoms with Crippen LogP contribution < -0.4 is 5.32 Å². The number of benzene rings is 4. The lowest BCUT2D eigenvalue weighted by Crippen LogP contribution is -2.41. The zero-order chi connectivity index (χ0) is 23.8. The first-order valence-corrected chi connectivity index (χ1v) is 12.3. The summed E-state index contributed by atoms with van der Waals surface area (Å²) in [6.07, 6.45) is 0. The van der Waals surface area contributed by atoms with E-state index in [0.717, 1.165) is 27.3 Å². The Bertz CT molecular complexity index is 1450. The second-order valence-corrected chi connectivity index (χ2v) is 9.79. The van der Waals surface area contributed by atoms with Crippen molar-refractivity contribution in [1.82, 2.24) is 4.90 Å². The van der Waals surface area contributed by atoms with Gasteiger partial charge in [0.25, 0.3) is 11.7 Å². The number of carbonyl (C=O) groups excluding carboxylic acids is 2. The van der Waals surface area contributed by atoms with Gasteiger partial charge >= 0.3 is 0 Å². The van der Waals surface area contributed by atoms with Crippen LogP contribution in [-0.4, -0.2) is 16.6 Å². The van der Waals surface area contributed by atoms with Gasteiger partial charge in [-0.15, -0.1) is 0 Å². The third kappa shape index (κ3) is 3.47. The van der Waals surface area contributed by atoms with Gasteiger partial charge in [0.15, 0.2) is 4.87 Å². The van der Waals surface area contributed by atoms with Crippen molar-refractivity contribution in [2.75, 3.05) is 5.32 Å². The summed E-state index contributed by atoms with van der Waals surface area (Å²) in [4.78, 5) is 29.3. The highest BCUT2D eigenvalue weighted by Gasteiger charge is 2.59. The molecule has 1 unspecified atom stereocenters. The highest BCUT2D eigenvalue weighted by atomic mass is 32.2. The topological polar surface area (TPSA) is 49.4 Å². The van der Waals surface area contributed by atoms with Crippen LogP contribution in [0.2, 0.25) is 0 Å². The van der Waals surface area contributed by atoms with Crippen molar-refractivity contribution in [2.45, 2.75) is 16.3 Å². The molecule has 2 aliphatic rings. The molecule has 5 heteroatoms. The molecule has 0 radical (unpaired) electrons. The number of ketones is 1. The smallest absolute Gasteiger partial charge is 0.296 e. The zero-order valence-electron chi connectivity index (χ0n) is 18.8. The summed E-state index contributed by atoms with van der Waals surface area (Å²) in [6.45, 7) is 0.320. The van der Waals surface area contributed by atoms with Crippen molar-refractivity contribution in [2.24, 2.45) is 0 Å². The van der Waals surface area contributed by atoms with Crippen LogP contribution in [0.15, 0.2) is 126 Å². The molecular weight excluding hydrogens is 452 g/mol. The SMILES string of the molecule is O=C1C(=O)N(Cc2ccccc2)C2(c3ccccc3)Sc3ccccc3NC(c3ccccc3)=C12. The lowest BCUT2D eigenvalue weighted by molar-refractivity contribution is -0.140. The molecule has 6 rings (SSSR count). The number of para-hydroxylation sites is 1. The first-order chi connectivity index (χ1) is 17.2. The molecule has 35 heavy (non-hydrogen) atoms. The molecule has 4 aromatic carbocycles. The normalized spacial score (nSPS) is 19.1. The van der Waals surface area contributed by atoms with E-state index < -0.39 is 16.6 Å². The molecule has 1 fully saturated rings. The van der Waals surface area contributed by atoms with Crippen LogP contribution in [0.4, 0.5) is 5.69 Å².